The van der Waals surface area contributed by atoms with Gasteiger partial charge in [-0.3, -0.25) is 0 Å². The van der Waals surface area contributed by atoms with E-state index in [0.717, 1.165) is 32.3 Å². The number of thioether (sulfide) groups is 1. The van der Waals surface area contributed by atoms with Gasteiger partial charge >= 0.3 is 0 Å². The molecule has 1 aromatic rings. The van der Waals surface area contributed by atoms with E-state index in [1.54, 1.807) is 0 Å². The molecule has 6 heteroatoms. The Hall–Kier alpha value is -0.390. The number of hydrogen-bond acceptors (Lipinski definition) is 4. The maximum Gasteiger partial charge on any atom is 0.223 e. The fourth-order valence-electron chi connectivity index (χ4n) is 1.37. The van der Waals surface area contributed by atoms with Gasteiger partial charge in [-0.1, -0.05) is 11.8 Å². The Morgan fingerprint density at radius 3 is 2.93 bits per heavy atom. The van der Waals surface area contributed by atoms with Crippen LogP contribution in [0.1, 0.15) is 12.8 Å². The molecule has 2 heterocycles. The summed E-state index contributed by atoms with van der Waals surface area (Å²) in [5.41, 5.74) is 0. The van der Waals surface area contributed by atoms with Gasteiger partial charge in [0.2, 0.25) is 5.28 Å². The summed E-state index contributed by atoms with van der Waals surface area (Å²) in [6.07, 6.45) is 2.95. The summed E-state index contributed by atoms with van der Waals surface area (Å²) in [5.74, 6) is -0.407. The number of hydrogen-bond donors (Lipinski definition) is 0. The zero-order valence-electron chi connectivity index (χ0n) is 7.95. The number of aromatic nitrogens is 2. The van der Waals surface area contributed by atoms with E-state index in [1.165, 1.54) is 11.8 Å². The first-order chi connectivity index (χ1) is 7.25. The summed E-state index contributed by atoms with van der Waals surface area (Å²) >= 11 is 7.02. The van der Waals surface area contributed by atoms with E-state index in [2.05, 4.69) is 9.97 Å². The summed E-state index contributed by atoms with van der Waals surface area (Å²) < 4.78 is 18.5. The molecule has 0 radical (unpaired) electrons. The van der Waals surface area contributed by atoms with Crippen molar-refractivity contribution in [2.24, 2.45) is 0 Å². The molecule has 0 N–H and O–H groups in total. The summed E-state index contributed by atoms with van der Waals surface area (Å²) in [5, 5.41) is 0.784. The first-order valence-corrected chi connectivity index (χ1v) is 5.94. The first kappa shape index (κ1) is 11.1. The predicted molar refractivity (Wildman–Crippen MR) is 56.7 cm³/mol. The standard InChI is InChI=1S/C9H10ClFN2OS/c10-9-12-5-7(11)8(13-9)15-6-1-3-14-4-2-6/h5-6H,1-4H2. The molecular weight excluding hydrogens is 239 g/mol. The fraction of sp³-hybridized carbons (Fsp3) is 0.556. The van der Waals surface area contributed by atoms with Crippen molar-refractivity contribution in [3.8, 4) is 0 Å². The first-order valence-electron chi connectivity index (χ1n) is 4.68. The van der Waals surface area contributed by atoms with E-state index in [-0.39, 0.29) is 5.28 Å². The van der Waals surface area contributed by atoms with Crippen LogP contribution in [0.2, 0.25) is 5.28 Å². The Kier molecular flexibility index (Phi) is 3.77. The smallest absolute Gasteiger partial charge is 0.223 e. The number of halogens is 2. The van der Waals surface area contributed by atoms with Crippen LogP contribution in [-0.2, 0) is 4.74 Å². The lowest BCUT2D eigenvalue weighted by atomic mass is 10.2. The molecule has 0 spiro atoms. The number of rotatable bonds is 2. The quantitative estimate of drug-likeness (QED) is 0.595. The highest BCUT2D eigenvalue weighted by molar-refractivity contribution is 7.99. The van der Waals surface area contributed by atoms with E-state index < -0.39 is 5.82 Å². The average molecular weight is 249 g/mol. The van der Waals surface area contributed by atoms with E-state index >= 15 is 0 Å². The molecule has 0 bridgehead atoms. The second kappa shape index (κ2) is 5.09. The molecule has 2 rings (SSSR count). The van der Waals surface area contributed by atoms with Gasteiger partial charge in [0.15, 0.2) is 5.82 Å². The molecule has 3 nitrogen and oxygen atoms in total. The lowest BCUT2D eigenvalue weighted by Gasteiger charge is -2.20. The molecule has 0 aromatic carbocycles. The largest absolute Gasteiger partial charge is 0.381 e. The zero-order chi connectivity index (χ0) is 10.7. The van der Waals surface area contributed by atoms with Crippen LogP contribution in [0.25, 0.3) is 0 Å². The van der Waals surface area contributed by atoms with Crippen LogP contribution in [0, 0.1) is 5.82 Å². The van der Waals surface area contributed by atoms with Gasteiger partial charge in [0.05, 0.1) is 6.20 Å². The van der Waals surface area contributed by atoms with Crippen molar-refractivity contribution in [2.45, 2.75) is 23.1 Å². The summed E-state index contributed by atoms with van der Waals surface area (Å²) in [6.45, 7) is 1.47. The molecule has 1 aliphatic rings. The minimum absolute atomic E-state index is 0.0889. The molecule has 0 atom stereocenters. The van der Waals surface area contributed by atoms with E-state index in [1.807, 2.05) is 0 Å². The van der Waals surface area contributed by atoms with Crippen molar-refractivity contribution in [3.05, 3.63) is 17.3 Å². The van der Waals surface area contributed by atoms with Gasteiger partial charge in [0, 0.05) is 18.5 Å². The SMILES string of the molecule is Fc1cnc(Cl)nc1SC1CCOCC1. The predicted octanol–water partition coefficient (Wildman–Crippen LogP) is 2.54. The van der Waals surface area contributed by atoms with Crippen molar-refractivity contribution in [3.63, 3.8) is 0 Å². The van der Waals surface area contributed by atoms with Crippen LogP contribution < -0.4 is 0 Å². The molecule has 0 saturated carbocycles. The van der Waals surface area contributed by atoms with Crippen LogP contribution in [0.4, 0.5) is 4.39 Å². The number of ether oxygens (including phenoxy) is 1. The molecule has 1 saturated heterocycles. The molecular formula is C9H10ClFN2OS. The molecule has 0 unspecified atom stereocenters. The lowest BCUT2D eigenvalue weighted by molar-refractivity contribution is 0.1000. The lowest BCUT2D eigenvalue weighted by Crippen LogP contribution is -2.17. The molecule has 1 fully saturated rings. The van der Waals surface area contributed by atoms with Crippen LogP contribution in [0.3, 0.4) is 0 Å². The van der Waals surface area contributed by atoms with Crippen LogP contribution in [0.5, 0.6) is 0 Å². The topological polar surface area (TPSA) is 35.0 Å². The molecule has 1 aliphatic heterocycles. The molecule has 82 valence electrons. The van der Waals surface area contributed by atoms with Gasteiger partial charge < -0.3 is 4.74 Å². The van der Waals surface area contributed by atoms with Crippen LogP contribution in [-0.4, -0.2) is 28.4 Å². The molecule has 1 aromatic heterocycles. The van der Waals surface area contributed by atoms with Crippen LogP contribution >= 0.6 is 23.4 Å². The van der Waals surface area contributed by atoms with Gasteiger partial charge in [-0.15, -0.1) is 0 Å². The summed E-state index contributed by atoms with van der Waals surface area (Å²) in [6, 6.07) is 0. The highest BCUT2D eigenvalue weighted by Gasteiger charge is 2.18. The van der Waals surface area contributed by atoms with Gasteiger partial charge in [0.1, 0.15) is 5.03 Å². The molecule has 0 amide bonds. The van der Waals surface area contributed by atoms with Crippen LogP contribution in [0.15, 0.2) is 11.2 Å². The van der Waals surface area contributed by atoms with Crippen molar-refractivity contribution in [1.29, 1.82) is 0 Å². The highest BCUT2D eigenvalue weighted by atomic mass is 35.5. The van der Waals surface area contributed by atoms with Crippen molar-refractivity contribution in [2.75, 3.05) is 13.2 Å². The highest BCUT2D eigenvalue weighted by Crippen LogP contribution is 2.30. The third-order valence-electron chi connectivity index (χ3n) is 2.13. The fourth-order valence-corrected chi connectivity index (χ4v) is 2.60. The Labute approximate surface area is 96.4 Å². The average Bonchev–Trinajstić information content (AvgIpc) is 2.25. The minimum atomic E-state index is -0.407. The Balaban J connectivity index is 2.05. The summed E-state index contributed by atoms with van der Waals surface area (Å²) in [4.78, 5) is 7.44. The molecule has 15 heavy (non-hydrogen) atoms. The zero-order valence-corrected chi connectivity index (χ0v) is 9.52. The van der Waals surface area contributed by atoms with Crippen molar-refractivity contribution >= 4 is 23.4 Å². The molecule has 0 aliphatic carbocycles. The Morgan fingerprint density at radius 2 is 2.20 bits per heavy atom. The maximum atomic E-state index is 13.3. The second-order valence-electron chi connectivity index (χ2n) is 3.22. The van der Waals surface area contributed by atoms with E-state index in [9.17, 15) is 4.39 Å². The monoisotopic (exact) mass is 248 g/mol. The maximum absolute atomic E-state index is 13.3. The third kappa shape index (κ3) is 3.03. The Morgan fingerprint density at radius 1 is 1.47 bits per heavy atom. The normalized spacial score (nSPS) is 18.0. The third-order valence-corrected chi connectivity index (χ3v) is 3.63. The van der Waals surface area contributed by atoms with Gasteiger partial charge in [-0.05, 0) is 24.4 Å². The minimum Gasteiger partial charge on any atom is -0.381 e. The summed E-state index contributed by atoms with van der Waals surface area (Å²) in [7, 11) is 0. The van der Waals surface area contributed by atoms with Crippen molar-refractivity contribution in [1.82, 2.24) is 9.97 Å². The van der Waals surface area contributed by atoms with Gasteiger partial charge in [-0.25, -0.2) is 14.4 Å². The Bertz CT molecular complexity index is 347. The van der Waals surface area contributed by atoms with E-state index in [4.69, 9.17) is 16.3 Å². The van der Waals surface area contributed by atoms with Gasteiger partial charge in [-0.2, -0.15) is 0 Å². The second-order valence-corrected chi connectivity index (χ2v) is 4.85. The van der Waals surface area contributed by atoms with Gasteiger partial charge in [0.25, 0.3) is 0 Å². The van der Waals surface area contributed by atoms with Crippen molar-refractivity contribution < 1.29 is 9.13 Å². The number of nitrogens with zero attached hydrogens (tertiary/aromatic N) is 2. The van der Waals surface area contributed by atoms with E-state index in [0.29, 0.717) is 10.3 Å².